The van der Waals surface area contributed by atoms with Gasteiger partial charge in [-0.15, -0.1) is 0 Å². The molecule has 0 spiro atoms. The summed E-state index contributed by atoms with van der Waals surface area (Å²) in [5.74, 6) is -2.16. The zero-order valence-corrected chi connectivity index (χ0v) is 16.6. The highest BCUT2D eigenvalue weighted by molar-refractivity contribution is 7.89. The van der Waals surface area contributed by atoms with E-state index in [4.69, 9.17) is 4.74 Å². The normalized spacial score (nSPS) is 15.7. The average Bonchev–Trinajstić information content (AvgIpc) is 3.25. The fraction of sp³-hybridized carbons (Fsp3) is 0.300. The summed E-state index contributed by atoms with van der Waals surface area (Å²) in [6, 6.07) is 11.1. The van der Waals surface area contributed by atoms with E-state index in [9.17, 15) is 22.4 Å². The van der Waals surface area contributed by atoms with Crippen LogP contribution < -0.4 is 5.32 Å². The van der Waals surface area contributed by atoms with Crippen molar-refractivity contribution in [2.45, 2.75) is 30.8 Å². The molecule has 1 aliphatic heterocycles. The molecule has 0 aliphatic carbocycles. The molecular weight excluding hydrogens is 399 g/mol. The second-order valence-corrected chi connectivity index (χ2v) is 8.59. The minimum Gasteiger partial charge on any atom is -0.449 e. The summed E-state index contributed by atoms with van der Waals surface area (Å²) in [7, 11) is -3.68. The Morgan fingerprint density at radius 1 is 1.10 bits per heavy atom. The molecule has 2 aromatic carbocycles. The molecule has 1 atom stereocenters. The van der Waals surface area contributed by atoms with E-state index in [1.54, 1.807) is 6.07 Å². The van der Waals surface area contributed by atoms with Crippen LogP contribution in [0.1, 0.15) is 30.1 Å². The third kappa shape index (κ3) is 4.80. The van der Waals surface area contributed by atoms with Gasteiger partial charge in [-0.1, -0.05) is 18.2 Å². The van der Waals surface area contributed by atoms with Gasteiger partial charge < -0.3 is 10.1 Å². The van der Waals surface area contributed by atoms with E-state index in [2.05, 4.69) is 5.32 Å². The van der Waals surface area contributed by atoms with Crippen LogP contribution in [0.25, 0.3) is 0 Å². The average molecular weight is 420 g/mol. The Bertz CT molecular complexity index is 1020. The predicted molar refractivity (Wildman–Crippen MR) is 104 cm³/mol. The van der Waals surface area contributed by atoms with Gasteiger partial charge in [-0.05, 0) is 50.1 Å². The lowest BCUT2D eigenvalue weighted by Gasteiger charge is -2.16. The van der Waals surface area contributed by atoms with E-state index in [0.29, 0.717) is 13.1 Å². The summed E-state index contributed by atoms with van der Waals surface area (Å²) in [6.45, 7) is 2.24. The van der Waals surface area contributed by atoms with Gasteiger partial charge in [0.25, 0.3) is 5.91 Å². The van der Waals surface area contributed by atoms with Crippen molar-refractivity contribution in [1.29, 1.82) is 0 Å². The van der Waals surface area contributed by atoms with Gasteiger partial charge in [-0.2, -0.15) is 4.31 Å². The highest BCUT2D eigenvalue weighted by Gasteiger charge is 2.28. The number of sulfonamides is 1. The van der Waals surface area contributed by atoms with Crippen molar-refractivity contribution in [3.8, 4) is 0 Å². The maximum absolute atomic E-state index is 13.6. The minimum absolute atomic E-state index is 0.00249. The topological polar surface area (TPSA) is 92.8 Å². The molecule has 0 radical (unpaired) electrons. The molecule has 9 heteroatoms. The van der Waals surface area contributed by atoms with E-state index in [0.717, 1.165) is 12.8 Å². The molecule has 1 fully saturated rings. The number of halogens is 1. The Labute approximate surface area is 168 Å². The lowest BCUT2D eigenvalue weighted by Crippen LogP contribution is -2.30. The van der Waals surface area contributed by atoms with Gasteiger partial charge in [0.15, 0.2) is 6.10 Å². The largest absolute Gasteiger partial charge is 0.449 e. The quantitative estimate of drug-likeness (QED) is 0.726. The van der Waals surface area contributed by atoms with Gasteiger partial charge in [0.2, 0.25) is 10.0 Å². The number of hydrogen-bond acceptors (Lipinski definition) is 5. The molecule has 3 rings (SSSR count). The van der Waals surface area contributed by atoms with Crippen LogP contribution in [0.4, 0.5) is 10.1 Å². The van der Waals surface area contributed by atoms with E-state index >= 15 is 0 Å². The summed E-state index contributed by atoms with van der Waals surface area (Å²) >= 11 is 0. The summed E-state index contributed by atoms with van der Waals surface area (Å²) in [5, 5.41) is 2.35. The number of para-hydroxylation sites is 1. The number of carbonyl (C=O) groups excluding carboxylic acids is 2. The molecule has 7 nitrogen and oxygen atoms in total. The number of carbonyl (C=O) groups is 2. The van der Waals surface area contributed by atoms with E-state index in [1.807, 2.05) is 0 Å². The Morgan fingerprint density at radius 3 is 2.48 bits per heavy atom. The number of benzene rings is 2. The molecule has 2 aromatic rings. The molecule has 1 amide bonds. The Hall–Kier alpha value is -2.78. The van der Waals surface area contributed by atoms with Gasteiger partial charge >= 0.3 is 5.97 Å². The molecule has 1 aliphatic rings. The number of anilines is 1. The van der Waals surface area contributed by atoms with Crippen molar-refractivity contribution in [2.24, 2.45) is 0 Å². The Morgan fingerprint density at radius 2 is 1.79 bits per heavy atom. The van der Waals surface area contributed by atoms with Crippen LogP contribution in [0, 0.1) is 5.82 Å². The number of nitrogens with one attached hydrogen (secondary N) is 1. The van der Waals surface area contributed by atoms with Crippen molar-refractivity contribution >= 4 is 27.6 Å². The SMILES string of the molecule is CC(OC(=O)c1cccc(S(=O)(=O)N2CCCC2)c1)C(=O)Nc1ccccc1F. The molecule has 154 valence electrons. The van der Waals surface area contributed by atoms with Gasteiger partial charge in [-0.3, -0.25) is 4.79 Å². The molecule has 0 bridgehead atoms. The van der Waals surface area contributed by atoms with E-state index in [1.165, 1.54) is 53.7 Å². The van der Waals surface area contributed by atoms with Crippen molar-refractivity contribution in [1.82, 2.24) is 4.31 Å². The fourth-order valence-electron chi connectivity index (χ4n) is 2.94. The molecule has 0 aromatic heterocycles. The molecule has 1 saturated heterocycles. The lowest BCUT2D eigenvalue weighted by molar-refractivity contribution is -0.123. The van der Waals surface area contributed by atoms with E-state index < -0.39 is 33.8 Å². The summed E-state index contributed by atoms with van der Waals surface area (Å²) in [6.07, 6.45) is 0.395. The number of hydrogen-bond donors (Lipinski definition) is 1. The van der Waals surface area contributed by atoms with Crippen molar-refractivity contribution in [3.63, 3.8) is 0 Å². The second kappa shape index (κ2) is 8.71. The first kappa shape index (κ1) is 20.9. The monoisotopic (exact) mass is 420 g/mol. The minimum atomic E-state index is -3.68. The highest BCUT2D eigenvalue weighted by atomic mass is 32.2. The van der Waals surface area contributed by atoms with Crippen molar-refractivity contribution in [3.05, 3.63) is 59.9 Å². The van der Waals surface area contributed by atoms with Gasteiger partial charge in [-0.25, -0.2) is 17.6 Å². The fourth-order valence-corrected chi connectivity index (χ4v) is 4.50. The van der Waals surface area contributed by atoms with Crippen LogP contribution in [-0.4, -0.2) is 43.8 Å². The maximum Gasteiger partial charge on any atom is 0.338 e. The third-order valence-corrected chi connectivity index (χ3v) is 6.45. The second-order valence-electron chi connectivity index (χ2n) is 6.66. The van der Waals surface area contributed by atoms with Crippen LogP contribution in [0.15, 0.2) is 53.4 Å². The smallest absolute Gasteiger partial charge is 0.338 e. The molecule has 1 heterocycles. The van der Waals surface area contributed by atoms with Crippen LogP contribution in [-0.2, 0) is 19.6 Å². The molecule has 1 unspecified atom stereocenters. The summed E-state index contributed by atoms with van der Waals surface area (Å²) < 4.78 is 45.4. The molecular formula is C20H21FN2O5S. The van der Waals surface area contributed by atoms with Crippen molar-refractivity contribution < 1.29 is 27.1 Å². The van der Waals surface area contributed by atoms with Crippen LogP contribution in [0.3, 0.4) is 0 Å². The van der Waals surface area contributed by atoms with Crippen LogP contribution in [0.5, 0.6) is 0 Å². The number of amides is 1. The number of esters is 1. The molecule has 1 N–H and O–H groups in total. The Kier molecular flexibility index (Phi) is 6.29. The first-order valence-electron chi connectivity index (χ1n) is 9.15. The van der Waals surface area contributed by atoms with Crippen molar-refractivity contribution in [2.75, 3.05) is 18.4 Å². The first-order chi connectivity index (χ1) is 13.8. The summed E-state index contributed by atoms with van der Waals surface area (Å²) in [4.78, 5) is 24.6. The predicted octanol–water partition coefficient (Wildman–Crippen LogP) is 2.79. The standard InChI is InChI=1S/C20H21FN2O5S/c1-14(19(24)22-18-10-3-2-9-17(18)21)28-20(25)15-7-6-8-16(13-15)29(26,27)23-11-4-5-12-23/h2-3,6-10,13-14H,4-5,11-12H2,1H3,(H,22,24). The van der Waals surface area contributed by atoms with E-state index in [-0.39, 0.29) is 16.1 Å². The molecule has 29 heavy (non-hydrogen) atoms. The summed E-state index contributed by atoms with van der Waals surface area (Å²) in [5.41, 5.74) is -0.0186. The number of rotatable bonds is 6. The number of ether oxygens (including phenoxy) is 1. The number of nitrogens with zero attached hydrogens (tertiary/aromatic N) is 1. The first-order valence-corrected chi connectivity index (χ1v) is 10.6. The Balaban J connectivity index is 1.69. The van der Waals surface area contributed by atoms with Gasteiger partial charge in [0, 0.05) is 13.1 Å². The van der Waals surface area contributed by atoms with Gasteiger partial charge in [0.05, 0.1) is 16.1 Å². The van der Waals surface area contributed by atoms with Crippen LogP contribution >= 0.6 is 0 Å². The maximum atomic E-state index is 13.6. The lowest BCUT2D eigenvalue weighted by atomic mass is 10.2. The zero-order valence-electron chi connectivity index (χ0n) is 15.8. The highest BCUT2D eigenvalue weighted by Crippen LogP contribution is 2.22. The molecule has 0 saturated carbocycles. The van der Waals surface area contributed by atoms with Gasteiger partial charge in [0.1, 0.15) is 5.82 Å². The van der Waals surface area contributed by atoms with Crippen LogP contribution in [0.2, 0.25) is 0 Å². The zero-order chi connectivity index (χ0) is 21.0. The third-order valence-electron chi connectivity index (χ3n) is 4.56.